The summed E-state index contributed by atoms with van der Waals surface area (Å²) in [6.07, 6.45) is 0.675. The molecule has 0 aliphatic carbocycles. The molecule has 0 spiro atoms. The topological polar surface area (TPSA) is 74.2 Å². The SMILES string of the molecule is CCc1nc(COc2ccc(F)cc2[C@@H](C)N)no1. The number of hydrogen-bond donors (Lipinski definition) is 1. The zero-order valence-corrected chi connectivity index (χ0v) is 10.9. The van der Waals surface area contributed by atoms with Crippen LogP contribution in [0.4, 0.5) is 4.39 Å². The third-order valence-electron chi connectivity index (χ3n) is 2.63. The highest BCUT2D eigenvalue weighted by molar-refractivity contribution is 5.36. The van der Waals surface area contributed by atoms with Crippen LogP contribution in [-0.4, -0.2) is 10.1 Å². The van der Waals surface area contributed by atoms with Gasteiger partial charge in [-0.1, -0.05) is 12.1 Å². The van der Waals surface area contributed by atoms with Crippen molar-refractivity contribution in [1.82, 2.24) is 10.1 Å². The van der Waals surface area contributed by atoms with E-state index in [-0.39, 0.29) is 18.5 Å². The molecule has 5 nitrogen and oxygen atoms in total. The summed E-state index contributed by atoms with van der Waals surface area (Å²) < 4.78 is 23.7. The highest BCUT2D eigenvalue weighted by Crippen LogP contribution is 2.25. The summed E-state index contributed by atoms with van der Waals surface area (Å²) in [6.45, 7) is 3.85. The molecule has 2 N–H and O–H groups in total. The molecule has 0 saturated heterocycles. The van der Waals surface area contributed by atoms with Crippen LogP contribution in [0.2, 0.25) is 0 Å². The van der Waals surface area contributed by atoms with Gasteiger partial charge in [0.15, 0.2) is 6.61 Å². The zero-order chi connectivity index (χ0) is 13.8. The third kappa shape index (κ3) is 3.29. The maximum Gasteiger partial charge on any atom is 0.226 e. The van der Waals surface area contributed by atoms with Gasteiger partial charge in [0.05, 0.1) is 0 Å². The minimum atomic E-state index is -0.340. The van der Waals surface area contributed by atoms with Crippen LogP contribution < -0.4 is 10.5 Å². The predicted octanol–water partition coefficient (Wildman–Crippen LogP) is 2.37. The van der Waals surface area contributed by atoms with Crippen molar-refractivity contribution in [2.45, 2.75) is 32.9 Å². The Labute approximate surface area is 110 Å². The van der Waals surface area contributed by atoms with Gasteiger partial charge in [0, 0.05) is 18.0 Å². The van der Waals surface area contributed by atoms with Crippen molar-refractivity contribution in [3.63, 3.8) is 0 Å². The Morgan fingerprint density at radius 1 is 1.47 bits per heavy atom. The summed E-state index contributed by atoms with van der Waals surface area (Å²) in [5.74, 6) is 1.20. The van der Waals surface area contributed by atoms with E-state index in [0.717, 1.165) is 0 Å². The van der Waals surface area contributed by atoms with E-state index in [1.165, 1.54) is 12.1 Å². The van der Waals surface area contributed by atoms with E-state index >= 15 is 0 Å². The van der Waals surface area contributed by atoms with E-state index in [0.29, 0.717) is 29.4 Å². The van der Waals surface area contributed by atoms with Crippen molar-refractivity contribution >= 4 is 0 Å². The first kappa shape index (κ1) is 13.5. The van der Waals surface area contributed by atoms with Gasteiger partial charge in [0.25, 0.3) is 0 Å². The van der Waals surface area contributed by atoms with Crippen LogP contribution in [0.5, 0.6) is 5.75 Å². The molecule has 0 amide bonds. The number of hydrogen-bond acceptors (Lipinski definition) is 5. The molecule has 102 valence electrons. The fourth-order valence-electron chi connectivity index (χ4n) is 1.64. The number of benzene rings is 1. The van der Waals surface area contributed by atoms with E-state index in [9.17, 15) is 4.39 Å². The van der Waals surface area contributed by atoms with Crippen molar-refractivity contribution in [3.8, 4) is 5.75 Å². The lowest BCUT2D eigenvalue weighted by atomic mass is 10.1. The van der Waals surface area contributed by atoms with Gasteiger partial charge < -0.3 is 15.0 Å². The van der Waals surface area contributed by atoms with E-state index in [4.69, 9.17) is 15.0 Å². The minimum Gasteiger partial charge on any atom is -0.485 e. The molecular formula is C13H16FN3O2. The Bertz CT molecular complexity index is 555. The molecule has 0 aliphatic rings. The zero-order valence-electron chi connectivity index (χ0n) is 10.9. The number of aromatic nitrogens is 2. The summed E-state index contributed by atoms with van der Waals surface area (Å²) in [4.78, 5) is 4.13. The smallest absolute Gasteiger partial charge is 0.226 e. The summed E-state index contributed by atoms with van der Waals surface area (Å²) in [6, 6.07) is 3.93. The quantitative estimate of drug-likeness (QED) is 0.898. The van der Waals surface area contributed by atoms with Crippen molar-refractivity contribution in [1.29, 1.82) is 0 Å². The molecule has 19 heavy (non-hydrogen) atoms. The van der Waals surface area contributed by atoms with Crippen LogP contribution in [-0.2, 0) is 13.0 Å². The molecule has 0 saturated carbocycles. The molecule has 6 heteroatoms. The maximum atomic E-state index is 13.2. The largest absolute Gasteiger partial charge is 0.485 e. The normalized spacial score (nSPS) is 12.4. The Kier molecular flexibility index (Phi) is 4.11. The average Bonchev–Trinajstić information content (AvgIpc) is 2.85. The fourth-order valence-corrected chi connectivity index (χ4v) is 1.64. The number of nitrogens with zero attached hydrogens (tertiary/aromatic N) is 2. The lowest BCUT2D eigenvalue weighted by Crippen LogP contribution is -2.09. The minimum absolute atomic E-state index is 0.162. The van der Waals surface area contributed by atoms with Gasteiger partial charge >= 0.3 is 0 Å². The highest BCUT2D eigenvalue weighted by atomic mass is 19.1. The summed E-state index contributed by atoms with van der Waals surface area (Å²) in [5.41, 5.74) is 6.39. The van der Waals surface area contributed by atoms with Crippen LogP contribution in [0, 0.1) is 5.82 Å². The van der Waals surface area contributed by atoms with Crippen LogP contribution >= 0.6 is 0 Å². The molecule has 0 aliphatic heterocycles. The molecule has 1 aromatic heterocycles. The fraction of sp³-hybridized carbons (Fsp3) is 0.385. The van der Waals surface area contributed by atoms with Crippen molar-refractivity contribution in [3.05, 3.63) is 41.3 Å². The predicted molar refractivity (Wildman–Crippen MR) is 67.0 cm³/mol. The third-order valence-corrected chi connectivity index (χ3v) is 2.63. The van der Waals surface area contributed by atoms with Crippen LogP contribution in [0.1, 0.15) is 37.2 Å². The number of rotatable bonds is 5. The number of ether oxygens (including phenoxy) is 1. The Balaban J connectivity index is 2.10. The lowest BCUT2D eigenvalue weighted by Gasteiger charge is -2.12. The number of halogens is 1. The number of nitrogens with two attached hydrogens (primary N) is 1. The van der Waals surface area contributed by atoms with Crippen LogP contribution in [0.25, 0.3) is 0 Å². The molecule has 2 aromatic rings. The lowest BCUT2D eigenvalue weighted by molar-refractivity contribution is 0.281. The van der Waals surface area contributed by atoms with Crippen molar-refractivity contribution < 1.29 is 13.7 Å². The second-order valence-corrected chi connectivity index (χ2v) is 4.22. The van der Waals surface area contributed by atoms with Gasteiger partial charge in [-0.05, 0) is 25.1 Å². The molecule has 0 unspecified atom stereocenters. The van der Waals surface area contributed by atoms with Crippen LogP contribution in [0.3, 0.4) is 0 Å². The Hall–Kier alpha value is -1.95. The standard InChI is InChI=1S/C13H16FN3O2/c1-3-13-16-12(17-19-13)7-18-11-5-4-9(14)6-10(11)8(2)15/h4-6,8H,3,7,15H2,1-2H3/t8-/m1/s1. The van der Waals surface area contributed by atoms with E-state index in [1.807, 2.05) is 6.92 Å². The maximum absolute atomic E-state index is 13.2. The van der Waals surface area contributed by atoms with Gasteiger partial charge in [0.2, 0.25) is 11.7 Å². The van der Waals surface area contributed by atoms with Gasteiger partial charge in [0.1, 0.15) is 11.6 Å². The van der Waals surface area contributed by atoms with Gasteiger partial charge in [-0.15, -0.1) is 0 Å². The molecular weight excluding hydrogens is 249 g/mol. The first-order chi connectivity index (χ1) is 9.10. The Morgan fingerprint density at radius 2 is 2.26 bits per heavy atom. The van der Waals surface area contributed by atoms with Gasteiger partial charge in [-0.3, -0.25) is 0 Å². The molecule has 1 heterocycles. The molecule has 1 aromatic carbocycles. The Morgan fingerprint density at radius 3 is 2.89 bits per heavy atom. The average molecular weight is 265 g/mol. The van der Waals surface area contributed by atoms with Gasteiger partial charge in [-0.25, -0.2) is 4.39 Å². The van der Waals surface area contributed by atoms with Gasteiger partial charge in [-0.2, -0.15) is 4.98 Å². The summed E-state index contributed by atoms with van der Waals surface area (Å²) in [5, 5.41) is 3.78. The summed E-state index contributed by atoms with van der Waals surface area (Å²) >= 11 is 0. The molecule has 0 radical (unpaired) electrons. The second kappa shape index (κ2) is 5.79. The van der Waals surface area contributed by atoms with Crippen molar-refractivity contribution in [2.24, 2.45) is 5.73 Å². The first-order valence-corrected chi connectivity index (χ1v) is 6.09. The molecule has 0 fully saturated rings. The highest BCUT2D eigenvalue weighted by Gasteiger charge is 2.11. The van der Waals surface area contributed by atoms with Crippen molar-refractivity contribution in [2.75, 3.05) is 0 Å². The monoisotopic (exact) mass is 265 g/mol. The van der Waals surface area contributed by atoms with E-state index in [2.05, 4.69) is 10.1 Å². The number of aryl methyl sites for hydroxylation is 1. The molecule has 1 atom stereocenters. The van der Waals surface area contributed by atoms with E-state index < -0.39 is 0 Å². The summed E-state index contributed by atoms with van der Waals surface area (Å²) in [7, 11) is 0. The molecule has 0 bridgehead atoms. The second-order valence-electron chi connectivity index (χ2n) is 4.22. The first-order valence-electron chi connectivity index (χ1n) is 6.09. The van der Waals surface area contributed by atoms with E-state index in [1.54, 1.807) is 13.0 Å². The molecule has 2 rings (SSSR count). The van der Waals surface area contributed by atoms with Crippen LogP contribution in [0.15, 0.2) is 22.7 Å².